The Bertz CT molecular complexity index is 1410. The molecule has 0 radical (unpaired) electrons. The Kier molecular flexibility index (Phi) is 5.85. The van der Waals surface area contributed by atoms with Gasteiger partial charge in [0.2, 0.25) is 0 Å². The van der Waals surface area contributed by atoms with Gasteiger partial charge in [-0.25, -0.2) is 9.78 Å². The molecule has 5 rings (SSSR count). The number of nitrogens with one attached hydrogen (secondary N) is 3. The van der Waals surface area contributed by atoms with Crippen LogP contribution in [0.2, 0.25) is 5.02 Å². The Balaban J connectivity index is 1.25. The molecule has 1 saturated carbocycles. The first-order valence-electron chi connectivity index (χ1n) is 11.0. The second-order valence-corrected chi connectivity index (χ2v) is 9.25. The van der Waals surface area contributed by atoms with Gasteiger partial charge in [0.15, 0.2) is 5.82 Å². The average Bonchev–Trinajstić information content (AvgIpc) is 3.28. The molecule has 3 aromatic rings. The highest BCUT2D eigenvalue weighted by Crippen LogP contribution is 2.45. The van der Waals surface area contributed by atoms with Crippen molar-refractivity contribution in [1.29, 1.82) is 0 Å². The normalized spacial score (nSPS) is 20.5. The lowest BCUT2D eigenvalue weighted by Crippen LogP contribution is -2.36. The lowest BCUT2D eigenvalue weighted by Gasteiger charge is -2.16. The van der Waals surface area contributed by atoms with Crippen molar-refractivity contribution in [2.24, 2.45) is 18.9 Å². The van der Waals surface area contributed by atoms with Gasteiger partial charge in [-0.3, -0.25) is 14.7 Å². The lowest BCUT2D eigenvalue weighted by atomic mass is 10.2. The third-order valence-corrected chi connectivity index (χ3v) is 6.94. The van der Waals surface area contributed by atoms with Gasteiger partial charge in [-0.2, -0.15) is 18.3 Å². The summed E-state index contributed by atoms with van der Waals surface area (Å²) >= 11 is 6.27. The summed E-state index contributed by atoms with van der Waals surface area (Å²) < 4.78 is 40.8. The molecule has 1 aliphatic heterocycles. The molecule has 0 spiro atoms. The van der Waals surface area contributed by atoms with Crippen LogP contribution < -0.4 is 10.6 Å². The molecular formula is C22H19ClF3N7O4. The summed E-state index contributed by atoms with van der Waals surface area (Å²) in [6.07, 6.45) is -3.51. The predicted molar refractivity (Wildman–Crippen MR) is 123 cm³/mol. The van der Waals surface area contributed by atoms with Crippen LogP contribution >= 0.6 is 11.6 Å². The van der Waals surface area contributed by atoms with Crippen LogP contribution in [0.3, 0.4) is 0 Å². The molecule has 3 heterocycles. The highest BCUT2D eigenvalue weighted by molar-refractivity contribution is 6.34. The SMILES string of the molecule is Cn1c(-c2cn[nH]c2C(F)(F)F)cnc1C(=O)Nc1ccc(C(=O)NC2[C@H]3CN(C(=O)O)C[C@@H]23)c(Cl)c1. The minimum Gasteiger partial charge on any atom is -0.465 e. The first-order chi connectivity index (χ1) is 17.5. The molecule has 1 saturated heterocycles. The van der Waals surface area contributed by atoms with Gasteiger partial charge in [-0.1, -0.05) is 11.6 Å². The van der Waals surface area contributed by atoms with E-state index in [-0.39, 0.29) is 51.2 Å². The van der Waals surface area contributed by atoms with E-state index in [1.165, 1.54) is 34.7 Å². The van der Waals surface area contributed by atoms with Crippen LogP contribution in [-0.2, 0) is 13.2 Å². The van der Waals surface area contributed by atoms with Crippen molar-refractivity contribution in [3.05, 3.63) is 52.7 Å². The van der Waals surface area contributed by atoms with Crippen molar-refractivity contribution in [3.63, 3.8) is 0 Å². The number of hydrogen-bond acceptors (Lipinski definition) is 5. The first-order valence-corrected chi connectivity index (χ1v) is 11.4. The van der Waals surface area contributed by atoms with Gasteiger partial charge in [0.25, 0.3) is 11.8 Å². The van der Waals surface area contributed by atoms with Crippen molar-refractivity contribution in [3.8, 4) is 11.3 Å². The Hall–Kier alpha value is -4.07. The summed E-state index contributed by atoms with van der Waals surface area (Å²) in [7, 11) is 1.40. The van der Waals surface area contributed by atoms with Gasteiger partial charge in [0, 0.05) is 43.7 Å². The molecule has 37 heavy (non-hydrogen) atoms. The van der Waals surface area contributed by atoms with Crippen molar-refractivity contribution >= 4 is 35.2 Å². The number of nitrogens with zero attached hydrogens (tertiary/aromatic N) is 4. The van der Waals surface area contributed by atoms with E-state index in [2.05, 4.69) is 20.7 Å². The minimum absolute atomic E-state index is 0.0348. The largest absolute Gasteiger partial charge is 0.465 e. The molecule has 2 aliphatic rings. The zero-order valence-corrected chi connectivity index (χ0v) is 19.8. The number of anilines is 1. The molecule has 194 valence electrons. The minimum atomic E-state index is -4.67. The number of carboxylic acid groups (broad SMARTS) is 1. The zero-order chi connectivity index (χ0) is 26.6. The summed E-state index contributed by atoms with van der Waals surface area (Å²) in [5, 5.41) is 19.9. The number of H-pyrrole nitrogens is 1. The van der Waals surface area contributed by atoms with E-state index in [0.717, 1.165) is 12.4 Å². The summed E-state index contributed by atoms with van der Waals surface area (Å²) in [5.74, 6) is -1.12. The Morgan fingerprint density at radius 2 is 1.86 bits per heavy atom. The fourth-order valence-electron chi connectivity index (χ4n) is 4.66. The van der Waals surface area contributed by atoms with E-state index in [1.54, 1.807) is 0 Å². The summed E-state index contributed by atoms with van der Waals surface area (Å²) in [5.41, 5.74) is -0.852. The molecule has 1 aliphatic carbocycles. The quantitative estimate of drug-likeness (QED) is 0.393. The lowest BCUT2D eigenvalue weighted by molar-refractivity contribution is -0.140. The maximum absolute atomic E-state index is 13.2. The van der Waals surface area contributed by atoms with Gasteiger partial charge < -0.3 is 25.2 Å². The summed E-state index contributed by atoms with van der Waals surface area (Å²) in [6.45, 7) is 0.743. The van der Waals surface area contributed by atoms with E-state index < -0.39 is 29.8 Å². The maximum atomic E-state index is 13.2. The number of rotatable bonds is 5. The molecule has 3 amide bonds. The number of carbonyl (C=O) groups is 3. The molecule has 1 unspecified atom stereocenters. The van der Waals surface area contributed by atoms with Crippen LogP contribution in [0, 0.1) is 11.8 Å². The molecule has 0 bridgehead atoms. The summed E-state index contributed by atoms with van der Waals surface area (Å²) in [4.78, 5) is 41.7. The van der Waals surface area contributed by atoms with Crippen LogP contribution in [0.5, 0.6) is 0 Å². The molecular weight excluding hydrogens is 519 g/mol. The molecule has 15 heteroatoms. The third-order valence-electron chi connectivity index (χ3n) is 6.62. The number of likely N-dealkylation sites (tertiary alicyclic amines) is 1. The van der Waals surface area contributed by atoms with Gasteiger partial charge in [-0.15, -0.1) is 0 Å². The highest BCUT2D eigenvalue weighted by Gasteiger charge is 2.57. The number of amides is 3. The van der Waals surface area contributed by atoms with Gasteiger partial charge >= 0.3 is 12.3 Å². The number of aromatic nitrogens is 4. The number of imidazole rings is 1. The monoisotopic (exact) mass is 537 g/mol. The fourth-order valence-corrected chi connectivity index (χ4v) is 4.92. The number of aromatic amines is 1. The van der Waals surface area contributed by atoms with Gasteiger partial charge in [0.05, 0.1) is 34.2 Å². The molecule has 3 atom stereocenters. The summed E-state index contributed by atoms with van der Waals surface area (Å²) in [6, 6.07) is 4.14. The number of hydrogen-bond donors (Lipinski definition) is 4. The zero-order valence-electron chi connectivity index (χ0n) is 19.0. The van der Waals surface area contributed by atoms with Crippen molar-refractivity contribution < 1.29 is 32.7 Å². The Labute approximate surface area is 211 Å². The number of benzene rings is 1. The van der Waals surface area contributed by atoms with Crippen LogP contribution in [-0.4, -0.2) is 66.8 Å². The van der Waals surface area contributed by atoms with Crippen LogP contribution in [0.1, 0.15) is 26.7 Å². The van der Waals surface area contributed by atoms with Crippen LogP contribution in [0.15, 0.2) is 30.6 Å². The fraction of sp³-hybridized carbons (Fsp3) is 0.318. The highest BCUT2D eigenvalue weighted by atomic mass is 35.5. The maximum Gasteiger partial charge on any atom is 0.433 e. The number of halogens is 4. The molecule has 2 fully saturated rings. The molecule has 11 nitrogen and oxygen atoms in total. The van der Waals surface area contributed by atoms with E-state index in [9.17, 15) is 27.6 Å². The molecule has 4 N–H and O–H groups in total. The van der Waals surface area contributed by atoms with E-state index in [1.807, 2.05) is 5.10 Å². The molecule has 1 aromatic carbocycles. The van der Waals surface area contributed by atoms with Gasteiger partial charge in [0.1, 0.15) is 5.69 Å². The van der Waals surface area contributed by atoms with Crippen molar-refractivity contribution in [2.75, 3.05) is 18.4 Å². The second-order valence-electron chi connectivity index (χ2n) is 8.85. The number of fused-ring (bicyclic) bond motifs is 1. The first kappa shape index (κ1) is 24.6. The average molecular weight is 538 g/mol. The topological polar surface area (TPSA) is 145 Å². The second kappa shape index (κ2) is 8.80. The molecule has 2 aromatic heterocycles. The van der Waals surface area contributed by atoms with Crippen LogP contribution in [0.25, 0.3) is 11.3 Å². The Morgan fingerprint density at radius 3 is 2.49 bits per heavy atom. The van der Waals surface area contributed by atoms with Crippen molar-refractivity contribution in [1.82, 2.24) is 30.0 Å². The van der Waals surface area contributed by atoms with E-state index >= 15 is 0 Å². The standard InChI is InChI=1S/C22H19ClF3N7O4/c1-32-15(11-5-28-31-17(11)22(24,25)26)6-27-18(32)20(35)29-9-2-3-10(14(23)4-9)19(34)30-16-12-7-33(21(36)37)8-13(12)16/h2-6,12-13,16H,7-8H2,1H3,(H,28,31)(H,29,35)(H,30,34)(H,36,37)/t12-,13+,16?. The van der Waals surface area contributed by atoms with E-state index in [0.29, 0.717) is 13.1 Å². The Morgan fingerprint density at radius 1 is 1.16 bits per heavy atom. The number of carbonyl (C=O) groups excluding carboxylic acids is 2. The number of piperidine rings is 1. The van der Waals surface area contributed by atoms with Gasteiger partial charge in [-0.05, 0) is 18.2 Å². The predicted octanol–water partition coefficient (Wildman–Crippen LogP) is 3.07. The third kappa shape index (κ3) is 4.48. The van der Waals surface area contributed by atoms with E-state index in [4.69, 9.17) is 16.7 Å². The number of alkyl halides is 3. The van der Waals surface area contributed by atoms with Crippen LogP contribution in [0.4, 0.5) is 23.7 Å². The van der Waals surface area contributed by atoms with Crippen molar-refractivity contribution in [2.45, 2.75) is 12.2 Å². The smallest absolute Gasteiger partial charge is 0.433 e.